The van der Waals surface area contributed by atoms with Gasteiger partial charge in [0.05, 0.1) is 0 Å². The molecule has 0 spiro atoms. The fourth-order valence-electron chi connectivity index (χ4n) is 1.64. The Balaban J connectivity index is 3.17. The minimum absolute atomic E-state index is 0.0607. The van der Waals surface area contributed by atoms with E-state index >= 15 is 0 Å². The van der Waals surface area contributed by atoms with Crippen LogP contribution in [-0.4, -0.2) is 31.4 Å². The molecule has 0 heterocycles. The van der Waals surface area contributed by atoms with Crippen LogP contribution in [0.5, 0.6) is 0 Å². The average molecular weight is 257 g/mol. The molecule has 0 aromatic carbocycles. The maximum absolute atomic E-state index is 11.4. The molecule has 0 radical (unpaired) electrons. The van der Waals surface area contributed by atoms with Crippen LogP contribution in [0.2, 0.25) is 0 Å². The van der Waals surface area contributed by atoms with Crippen LogP contribution in [0, 0.1) is 0 Å². The Labute approximate surface area is 110 Å². The first-order valence-corrected chi connectivity index (χ1v) is 7.00. The van der Waals surface area contributed by atoms with Crippen molar-refractivity contribution in [3.05, 3.63) is 0 Å². The van der Waals surface area contributed by atoms with Crippen molar-refractivity contribution in [1.29, 1.82) is 0 Å². The quantitative estimate of drug-likeness (QED) is 0.546. The van der Waals surface area contributed by atoms with Crippen LogP contribution in [-0.2, 0) is 14.3 Å². The lowest BCUT2D eigenvalue weighted by Crippen LogP contribution is -2.24. The molecule has 0 saturated carbocycles. The molecular formula is C14H27NO3. The molecule has 0 aliphatic carbocycles. The first kappa shape index (κ1) is 17.1. The van der Waals surface area contributed by atoms with E-state index in [1.165, 1.54) is 0 Å². The fraction of sp³-hybridized carbons (Fsp3) is 0.857. The first-order valence-electron chi connectivity index (χ1n) is 7.00. The number of hydrogen-bond acceptors (Lipinski definition) is 3. The summed E-state index contributed by atoms with van der Waals surface area (Å²) in [6.45, 7) is 5.93. The summed E-state index contributed by atoms with van der Waals surface area (Å²) in [5, 5.41) is 2.88. The molecule has 0 atom stereocenters. The SMILES string of the molecule is CCOCCCCCCNC(=O)CCCC(C)=O. The molecule has 4 nitrogen and oxygen atoms in total. The van der Waals surface area contributed by atoms with Crippen molar-refractivity contribution in [2.45, 2.75) is 58.8 Å². The summed E-state index contributed by atoms with van der Waals surface area (Å²) >= 11 is 0. The summed E-state index contributed by atoms with van der Waals surface area (Å²) in [6, 6.07) is 0. The van der Waals surface area contributed by atoms with Crippen LogP contribution in [0.15, 0.2) is 0 Å². The third-order valence-electron chi connectivity index (χ3n) is 2.67. The predicted octanol–water partition coefficient (Wildman–Crippen LogP) is 2.46. The van der Waals surface area contributed by atoms with Gasteiger partial charge in [-0.05, 0) is 33.1 Å². The summed E-state index contributed by atoms with van der Waals surface area (Å²) in [7, 11) is 0. The van der Waals surface area contributed by atoms with Gasteiger partial charge >= 0.3 is 0 Å². The highest BCUT2D eigenvalue weighted by Crippen LogP contribution is 2.00. The van der Waals surface area contributed by atoms with Crippen molar-refractivity contribution in [1.82, 2.24) is 5.32 Å². The summed E-state index contributed by atoms with van der Waals surface area (Å²) in [6.07, 6.45) is 6.02. The molecule has 0 saturated heterocycles. The second-order valence-corrected chi connectivity index (χ2v) is 4.52. The monoisotopic (exact) mass is 257 g/mol. The van der Waals surface area contributed by atoms with Crippen molar-refractivity contribution in [2.24, 2.45) is 0 Å². The molecular weight excluding hydrogens is 230 g/mol. The van der Waals surface area contributed by atoms with Crippen LogP contribution >= 0.6 is 0 Å². The topological polar surface area (TPSA) is 55.4 Å². The van der Waals surface area contributed by atoms with E-state index in [0.717, 1.165) is 45.4 Å². The van der Waals surface area contributed by atoms with E-state index in [-0.39, 0.29) is 11.7 Å². The van der Waals surface area contributed by atoms with Crippen molar-refractivity contribution in [3.8, 4) is 0 Å². The Morgan fingerprint density at radius 1 is 1.00 bits per heavy atom. The van der Waals surface area contributed by atoms with Crippen LogP contribution in [0.1, 0.15) is 58.8 Å². The Bertz CT molecular complexity index is 229. The molecule has 0 bridgehead atoms. The zero-order valence-corrected chi connectivity index (χ0v) is 11.8. The lowest BCUT2D eigenvalue weighted by molar-refractivity contribution is -0.121. The van der Waals surface area contributed by atoms with Gasteiger partial charge in [0.2, 0.25) is 5.91 Å². The molecule has 0 aliphatic rings. The van der Waals surface area contributed by atoms with E-state index in [1.54, 1.807) is 6.92 Å². The van der Waals surface area contributed by atoms with Crippen LogP contribution in [0.4, 0.5) is 0 Å². The van der Waals surface area contributed by atoms with Gasteiger partial charge in [0.1, 0.15) is 5.78 Å². The van der Waals surface area contributed by atoms with Gasteiger partial charge in [0.15, 0.2) is 0 Å². The highest BCUT2D eigenvalue weighted by molar-refractivity contribution is 5.78. The number of unbranched alkanes of at least 4 members (excludes halogenated alkanes) is 3. The third-order valence-corrected chi connectivity index (χ3v) is 2.67. The summed E-state index contributed by atoms with van der Waals surface area (Å²) in [5.41, 5.74) is 0. The van der Waals surface area contributed by atoms with Gasteiger partial charge in [-0.2, -0.15) is 0 Å². The zero-order chi connectivity index (χ0) is 13.6. The number of hydrogen-bond donors (Lipinski definition) is 1. The minimum atomic E-state index is 0.0607. The van der Waals surface area contributed by atoms with Gasteiger partial charge in [-0.15, -0.1) is 0 Å². The number of amides is 1. The summed E-state index contributed by atoms with van der Waals surface area (Å²) in [4.78, 5) is 22.0. The second kappa shape index (κ2) is 12.6. The molecule has 0 aromatic rings. The highest BCUT2D eigenvalue weighted by Gasteiger charge is 2.01. The first-order chi connectivity index (χ1) is 8.66. The van der Waals surface area contributed by atoms with Gasteiger partial charge in [-0.25, -0.2) is 0 Å². The van der Waals surface area contributed by atoms with E-state index in [1.807, 2.05) is 6.92 Å². The second-order valence-electron chi connectivity index (χ2n) is 4.52. The molecule has 0 rings (SSSR count). The largest absolute Gasteiger partial charge is 0.382 e. The van der Waals surface area contributed by atoms with Gasteiger partial charge in [-0.1, -0.05) is 12.8 Å². The van der Waals surface area contributed by atoms with Gasteiger partial charge < -0.3 is 14.8 Å². The lowest BCUT2D eigenvalue weighted by atomic mass is 10.2. The standard InChI is InChI=1S/C14H27NO3/c1-3-18-12-7-5-4-6-11-15-14(17)10-8-9-13(2)16/h3-12H2,1-2H3,(H,15,17). The van der Waals surface area contributed by atoms with Gasteiger partial charge in [0.25, 0.3) is 0 Å². The van der Waals surface area contributed by atoms with Crippen LogP contribution in [0.25, 0.3) is 0 Å². The predicted molar refractivity (Wildman–Crippen MR) is 72.5 cm³/mol. The van der Waals surface area contributed by atoms with E-state index in [4.69, 9.17) is 4.74 Å². The number of nitrogens with one attached hydrogen (secondary N) is 1. The zero-order valence-electron chi connectivity index (χ0n) is 11.8. The Hall–Kier alpha value is -0.900. The third kappa shape index (κ3) is 13.2. The van der Waals surface area contributed by atoms with E-state index in [9.17, 15) is 9.59 Å². The highest BCUT2D eigenvalue weighted by atomic mass is 16.5. The number of Topliss-reactive ketones (excluding diaryl/α,β-unsaturated/α-hetero) is 1. The molecule has 18 heavy (non-hydrogen) atoms. The van der Waals surface area contributed by atoms with E-state index in [0.29, 0.717) is 19.3 Å². The molecule has 0 fully saturated rings. The summed E-state index contributed by atoms with van der Waals surface area (Å²) < 4.78 is 5.24. The summed E-state index contributed by atoms with van der Waals surface area (Å²) in [5.74, 6) is 0.211. The van der Waals surface area contributed by atoms with E-state index < -0.39 is 0 Å². The number of rotatable bonds is 12. The molecule has 1 amide bonds. The van der Waals surface area contributed by atoms with Gasteiger partial charge in [-0.3, -0.25) is 4.79 Å². The maximum Gasteiger partial charge on any atom is 0.220 e. The molecule has 0 aliphatic heterocycles. The van der Waals surface area contributed by atoms with Crippen molar-refractivity contribution < 1.29 is 14.3 Å². The smallest absolute Gasteiger partial charge is 0.220 e. The Kier molecular flexibility index (Phi) is 11.9. The van der Waals surface area contributed by atoms with Gasteiger partial charge in [0, 0.05) is 32.6 Å². The molecule has 0 unspecified atom stereocenters. The minimum Gasteiger partial charge on any atom is -0.382 e. The molecule has 4 heteroatoms. The number of carbonyl (C=O) groups is 2. The average Bonchev–Trinajstić information content (AvgIpc) is 2.32. The van der Waals surface area contributed by atoms with Crippen molar-refractivity contribution >= 4 is 11.7 Å². The molecule has 0 aromatic heterocycles. The molecule has 106 valence electrons. The number of carbonyl (C=O) groups excluding carboxylic acids is 2. The maximum atomic E-state index is 11.4. The van der Waals surface area contributed by atoms with Crippen molar-refractivity contribution in [3.63, 3.8) is 0 Å². The number of ether oxygens (including phenoxy) is 1. The number of ketones is 1. The van der Waals surface area contributed by atoms with E-state index in [2.05, 4.69) is 5.32 Å². The molecule has 1 N–H and O–H groups in total. The lowest BCUT2D eigenvalue weighted by Gasteiger charge is -2.05. The fourth-order valence-corrected chi connectivity index (χ4v) is 1.64. The normalized spacial score (nSPS) is 10.3. The Morgan fingerprint density at radius 2 is 1.72 bits per heavy atom. The van der Waals surface area contributed by atoms with Crippen LogP contribution in [0.3, 0.4) is 0 Å². The Morgan fingerprint density at radius 3 is 2.39 bits per heavy atom. The van der Waals surface area contributed by atoms with Crippen LogP contribution < -0.4 is 5.32 Å². The van der Waals surface area contributed by atoms with Crippen molar-refractivity contribution in [2.75, 3.05) is 19.8 Å².